The standard InChI is InChI=1S/C11H8BrClN2O/c12-9-3-1-8(2-4-9)7-16-11-6-14-5-10(13)15-11/h1-6H,7H2. The number of hydrogen-bond donors (Lipinski definition) is 0. The second kappa shape index (κ2) is 5.27. The van der Waals surface area contributed by atoms with Crippen molar-refractivity contribution in [2.75, 3.05) is 0 Å². The number of nitrogens with zero attached hydrogens (tertiary/aromatic N) is 2. The number of ether oxygens (including phenoxy) is 1. The van der Waals surface area contributed by atoms with E-state index in [4.69, 9.17) is 16.3 Å². The van der Waals surface area contributed by atoms with Crippen molar-refractivity contribution in [3.63, 3.8) is 0 Å². The van der Waals surface area contributed by atoms with Gasteiger partial charge in [-0.25, -0.2) is 0 Å². The lowest BCUT2D eigenvalue weighted by molar-refractivity contribution is 0.292. The van der Waals surface area contributed by atoms with Gasteiger partial charge in [-0.3, -0.25) is 4.98 Å². The Bertz CT molecular complexity index is 476. The number of hydrogen-bond acceptors (Lipinski definition) is 3. The highest BCUT2D eigenvalue weighted by Crippen LogP contribution is 2.14. The molecule has 0 fully saturated rings. The van der Waals surface area contributed by atoms with Crippen molar-refractivity contribution in [2.24, 2.45) is 0 Å². The first kappa shape index (κ1) is 11.4. The number of rotatable bonds is 3. The quantitative estimate of drug-likeness (QED) is 0.870. The van der Waals surface area contributed by atoms with E-state index in [9.17, 15) is 0 Å². The largest absolute Gasteiger partial charge is 0.472 e. The van der Waals surface area contributed by atoms with Gasteiger partial charge in [-0.2, -0.15) is 4.98 Å². The molecule has 0 saturated heterocycles. The van der Waals surface area contributed by atoms with Crippen LogP contribution in [-0.4, -0.2) is 9.97 Å². The van der Waals surface area contributed by atoms with Gasteiger partial charge in [0.2, 0.25) is 5.88 Å². The zero-order valence-electron chi connectivity index (χ0n) is 8.23. The van der Waals surface area contributed by atoms with E-state index in [0.717, 1.165) is 10.0 Å². The van der Waals surface area contributed by atoms with E-state index in [2.05, 4.69) is 25.9 Å². The molecule has 0 radical (unpaired) electrons. The summed E-state index contributed by atoms with van der Waals surface area (Å²) in [4.78, 5) is 7.86. The van der Waals surface area contributed by atoms with Gasteiger partial charge < -0.3 is 4.74 Å². The van der Waals surface area contributed by atoms with Crippen molar-refractivity contribution < 1.29 is 4.74 Å². The Kier molecular flexibility index (Phi) is 3.74. The van der Waals surface area contributed by atoms with Crippen molar-refractivity contribution >= 4 is 27.5 Å². The van der Waals surface area contributed by atoms with Gasteiger partial charge in [0, 0.05) is 4.47 Å². The van der Waals surface area contributed by atoms with Gasteiger partial charge in [0.1, 0.15) is 6.61 Å². The maximum Gasteiger partial charge on any atom is 0.234 e. The lowest BCUT2D eigenvalue weighted by atomic mass is 10.2. The van der Waals surface area contributed by atoms with Crippen LogP contribution in [0.5, 0.6) is 5.88 Å². The van der Waals surface area contributed by atoms with E-state index >= 15 is 0 Å². The lowest BCUT2D eigenvalue weighted by Gasteiger charge is -2.04. The van der Waals surface area contributed by atoms with Crippen LogP contribution in [0.4, 0.5) is 0 Å². The van der Waals surface area contributed by atoms with E-state index in [1.165, 1.54) is 12.4 Å². The second-order valence-electron chi connectivity index (χ2n) is 3.10. The van der Waals surface area contributed by atoms with Gasteiger partial charge in [-0.15, -0.1) is 0 Å². The smallest absolute Gasteiger partial charge is 0.234 e. The van der Waals surface area contributed by atoms with Gasteiger partial charge in [-0.05, 0) is 17.7 Å². The summed E-state index contributed by atoms with van der Waals surface area (Å²) in [6.07, 6.45) is 3.00. The number of benzene rings is 1. The van der Waals surface area contributed by atoms with Crippen LogP contribution in [0, 0.1) is 0 Å². The fourth-order valence-corrected chi connectivity index (χ4v) is 1.54. The molecule has 0 saturated carbocycles. The van der Waals surface area contributed by atoms with E-state index in [-0.39, 0.29) is 0 Å². The predicted molar refractivity (Wildman–Crippen MR) is 65.5 cm³/mol. The van der Waals surface area contributed by atoms with Crippen LogP contribution >= 0.6 is 27.5 Å². The van der Waals surface area contributed by atoms with Crippen molar-refractivity contribution in [1.82, 2.24) is 9.97 Å². The van der Waals surface area contributed by atoms with Crippen molar-refractivity contribution in [3.8, 4) is 5.88 Å². The minimum Gasteiger partial charge on any atom is -0.472 e. The molecule has 2 aromatic rings. The van der Waals surface area contributed by atoms with Crippen LogP contribution in [-0.2, 0) is 6.61 Å². The average Bonchev–Trinajstić information content (AvgIpc) is 2.28. The molecule has 1 aromatic heterocycles. The Labute approximate surface area is 107 Å². The van der Waals surface area contributed by atoms with E-state index < -0.39 is 0 Å². The van der Waals surface area contributed by atoms with Crippen LogP contribution < -0.4 is 4.74 Å². The molecule has 3 nitrogen and oxygen atoms in total. The molecular formula is C11H8BrClN2O. The Morgan fingerprint density at radius 2 is 1.94 bits per heavy atom. The highest BCUT2D eigenvalue weighted by molar-refractivity contribution is 9.10. The van der Waals surface area contributed by atoms with Crippen LogP contribution in [0.25, 0.3) is 0 Å². The molecule has 0 aliphatic rings. The Morgan fingerprint density at radius 1 is 1.19 bits per heavy atom. The van der Waals surface area contributed by atoms with Crippen molar-refractivity contribution in [2.45, 2.75) is 6.61 Å². The summed E-state index contributed by atoms with van der Waals surface area (Å²) in [7, 11) is 0. The highest BCUT2D eigenvalue weighted by atomic mass is 79.9. The molecule has 0 spiro atoms. The van der Waals surface area contributed by atoms with Crippen molar-refractivity contribution in [3.05, 3.63) is 51.8 Å². The summed E-state index contributed by atoms with van der Waals surface area (Å²) in [5, 5.41) is 0.327. The number of aromatic nitrogens is 2. The molecule has 0 atom stereocenters. The first-order chi connectivity index (χ1) is 7.74. The number of halogens is 2. The van der Waals surface area contributed by atoms with Crippen LogP contribution in [0.15, 0.2) is 41.1 Å². The Balaban J connectivity index is 1.99. The molecule has 0 aliphatic carbocycles. The third-order valence-corrected chi connectivity index (χ3v) is 2.59. The van der Waals surface area contributed by atoms with E-state index in [0.29, 0.717) is 17.6 Å². The first-order valence-corrected chi connectivity index (χ1v) is 5.76. The van der Waals surface area contributed by atoms with E-state index in [1.54, 1.807) is 0 Å². The fourth-order valence-electron chi connectivity index (χ4n) is 1.13. The molecule has 82 valence electrons. The average molecular weight is 300 g/mol. The molecule has 5 heteroatoms. The van der Waals surface area contributed by atoms with Gasteiger partial charge in [0.05, 0.1) is 12.4 Å². The van der Waals surface area contributed by atoms with Gasteiger partial charge in [-0.1, -0.05) is 39.7 Å². The first-order valence-electron chi connectivity index (χ1n) is 4.59. The zero-order valence-corrected chi connectivity index (χ0v) is 10.6. The van der Waals surface area contributed by atoms with Gasteiger partial charge in [0.15, 0.2) is 5.15 Å². The molecule has 1 heterocycles. The molecule has 0 N–H and O–H groups in total. The molecule has 0 unspecified atom stereocenters. The summed E-state index contributed by atoms with van der Waals surface area (Å²) >= 11 is 9.06. The summed E-state index contributed by atoms with van der Waals surface area (Å²) < 4.78 is 6.48. The molecule has 0 bridgehead atoms. The summed E-state index contributed by atoms with van der Waals surface area (Å²) in [5.74, 6) is 0.426. The van der Waals surface area contributed by atoms with Crippen LogP contribution in [0.2, 0.25) is 5.15 Å². The molecule has 1 aromatic carbocycles. The highest BCUT2D eigenvalue weighted by Gasteiger charge is 1.98. The van der Waals surface area contributed by atoms with Crippen LogP contribution in [0.3, 0.4) is 0 Å². The van der Waals surface area contributed by atoms with Gasteiger partial charge >= 0.3 is 0 Å². The Morgan fingerprint density at radius 3 is 2.62 bits per heavy atom. The summed E-state index contributed by atoms with van der Waals surface area (Å²) in [6, 6.07) is 7.87. The predicted octanol–water partition coefficient (Wildman–Crippen LogP) is 3.47. The lowest BCUT2D eigenvalue weighted by Crippen LogP contribution is -1.97. The molecule has 16 heavy (non-hydrogen) atoms. The second-order valence-corrected chi connectivity index (χ2v) is 4.40. The summed E-state index contributed by atoms with van der Waals surface area (Å²) in [6.45, 7) is 0.447. The van der Waals surface area contributed by atoms with Crippen LogP contribution in [0.1, 0.15) is 5.56 Å². The van der Waals surface area contributed by atoms with E-state index in [1.807, 2.05) is 24.3 Å². The monoisotopic (exact) mass is 298 g/mol. The maximum atomic E-state index is 5.69. The minimum absolute atomic E-state index is 0.327. The Hall–Kier alpha value is -1.13. The molecule has 2 rings (SSSR count). The topological polar surface area (TPSA) is 35.0 Å². The third kappa shape index (κ3) is 3.18. The molecule has 0 amide bonds. The molecular weight excluding hydrogens is 291 g/mol. The molecule has 0 aliphatic heterocycles. The zero-order chi connectivity index (χ0) is 11.4. The van der Waals surface area contributed by atoms with Gasteiger partial charge in [0.25, 0.3) is 0 Å². The summed E-state index contributed by atoms with van der Waals surface area (Å²) in [5.41, 5.74) is 1.06. The van der Waals surface area contributed by atoms with Crippen molar-refractivity contribution in [1.29, 1.82) is 0 Å². The fraction of sp³-hybridized carbons (Fsp3) is 0.0909. The SMILES string of the molecule is Clc1cncc(OCc2ccc(Br)cc2)n1. The minimum atomic E-state index is 0.327. The normalized spacial score (nSPS) is 10.1. The maximum absolute atomic E-state index is 5.69. The third-order valence-electron chi connectivity index (χ3n) is 1.88.